The van der Waals surface area contributed by atoms with Crippen molar-refractivity contribution >= 4 is 12.0 Å². The maximum Gasteiger partial charge on any atom is 0.409 e. The van der Waals surface area contributed by atoms with Crippen molar-refractivity contribution in [2.45, 2.75) is 51.4 Å². The lowest BCUT2D eigenvalue weighted by Gasteiger charge is -2.64. The van der Waals surface area contributed by atoms with Gasteiger partial charge in [0.2, 0.25) is 5.91 Å². The lowest BCUT2D eigenvalue weighted by Crippen LogP contribution is -2.60. The van der Waals surface area contributed by atoms with Crippen molar-refractivity contribution in [3.8, 4) is 0 Å². The Bertz CT molecular complexity index is 785. The van der Waals surface area contributed by atoms with Crippen molar-refractivity contribution in [2.75, 3.05) is 32.8 Å². The van der Waals surface area contributed by atoms with Crippen LogP contribution in [0, 0.1) is 29.6 Å². The first kappa shape index (κ1) is 20.8. The summed E-state index contributed by atoms with van der Waals surface area (Å²) in [5, 5.41) is 0. The molecule has 1 heterocycles. The first-order valence-electron chi connectivity index (χ1n) is 12.3. The first-order chi connectivity index (χ1) is 15.0. The molecule has 168 valence electrons. The van der Waals surface area contributed by atoms with Crippen LogP contribution in [0.4, 0.5) is 4.79 Å². The maximum atomic E-state index is 13.6. The molecule has 5 nitrogen and oxygen atoms in total. The van der Waals surface area contributed by atoms with Crippen molar-refractivity contribution in [2.24, 2.45) is 29.6 Å². The van der Waals surface area contributed by atoms with E-state index in [0.717, 1.165) is 17.8 Å². The summed E-state index contributed by atoms with van der Waals surface area (Å²) in [7, 11) is 0. The number of ether oxygens (including phenoxy) is 1. The van der Waals surface area contributed by atoms with Crippen molar-refractivity contribution in [3.05, 3.63) is 35.9 Å². The molecular formula is C26H36N2O3. The normalized spacial score (nSPS) is 36.5. The van der Waals surface area contributed by atoms with Gasteiger partial charge in [0.1, 0.15) is 0 Å². The molecule has 1 saturated heterocycles. The molecule has 5 fully saturated rings. The van der Waals surface area contributed by atoms with Crippen LogP contribution in [-0.2, 0) is 14.9 Å². The SMILES string of the molecule is CCOC(=O)N1CCN(C(=O)CC2(c3ccccc3)C3CC4CC2CC(C3)C4C)CC1. The average molecular weight is 425 g/mol. The number of hydrogen-bond acceptors (Lipinski definition) is 3. The van der Waals surface area contributed by atoms with E-state index >= 15 is 0 Å². The van der Waals surface area contributed by atoms with Gasteiger partial charge in [-0.1, -0.05) is 37.3 Å². The van der Waals surface area contributed by atoms with Gasteiger partial charge in [-0.3, -0.25) is 4.79 Å². The summed E-state index contributed by atoms with van der Waals surface area (Å²) in [6, 6.07) is 10.9. The first-order valence-corrected chi connectivity index (χ1v) is 12.3. The van der Waals surface area contributed by atoms with Gasteiger partial charge in [0.25, 0.3) is 0 Å². The summed E-state index contributed by atoms with van der Waals surface area (Å²) >= 11 is 0. The molecule has 2 amide bonds. The zero-order chi connectivity index (χ0) is 21.6. The fourth-order valence-electron chi connectivity index (χ4n) is 7.59. The molecule has 1 aromatic rings. The van der Waals surface area contributed by atoms with Gasteiger partial charge >= 0.3 is 6.09 Å². The van der Waals surface area contributed by atoms with E-state index in [4.69, 9.17) is 4.74 Å². The number of amides is 2. The van der Waals surface area contributed by atoms with Gasteiger partial charge in [-0.15, -0.1) is 0 Å². The molecule has 5 heteroatoms. The predicted molar refractivity (Wildman–Crippen MR) is 120 cm³/mol. The highest BCUT2D eigenvalue weighted by Gasteiger charge is 2.60. The van der Waals surface area contributed by atoms with Gasteiger partial charge in [-0.05, 0) is 67.8 Å². The summed E-state index contributed by atoms with van der Waals surface area (Å²) in [4.78, 5) is 29.4. The Morgan fingerprint density at radius 3 is 2.03 bits per heavy atom. The number of rotatable bonds is 4. The third-order valence-corrected chi connectivity index (χ3v) is 9.21. The van der Waals surface area contributed by atoms with Gasteiger partial charge in [0.05, 0.1) is 6.61 Å². The third kappa shape index (κ3) is 3.44. The molecule has 4 aliphatic carbocycles. The van der Waals surface area contributed by atoms with Gasteiger partial charge in [0.15, 0.2) is 0 Å². The molecule has 1 aliphatic heterocycles. The summed E-state index contributed by atoms with van der Waals surface area (Å²) in [5.74, 6) is 4.07. The highest BCUT2D eigenvalue weighted by atomic mass is 16.6. The lowest BCUT2D eigenvalue weighted by molar-refractivity contribution is -0.143. The Balaban J connectivity index is 1.35. The number of carbonyl (C=O) groups excluding carboxylic acids is 2. The van der Waals surface area contributed by atoms with Gasteiger partial charge < -0.3 is 14.5 Å². The van der Waals surface area contributed by atoms with Gasteiger partial charge in [-0.25, -0.2) is 4.79 Å². The van der Waals surface area contributed by atoms with Crippen LogP contribution in [0.2, 0.25) is 0 Å². The van der Waals surface area contributed by atoms with E-state index in [0.29, 0.717) is 51.0 Å². The molecule has 0 aromatic heterocycles. The largest absolute Gasteiger partial charge is 0.450 e. The molecule has 0 N–H and O–H groups in total. The molecule has 4 saturated carbocycles. The molecule has 0 atom stereocenters. The highest BCUT2D eigenvalue weighted by Crippen LogP contribution is 2.65. The molecule has 0 spiro atoms. The maximum absolute atomic E-state index is 13.6. The van der Waals surface area contributed by atoms with Crippen LogP contribution in [-0.4, -0.2) is 54.6 Å². The predicted octanol–water partition coefficient (Wildman–Crippen LogP) is 4.32. The van der Waals surface area contributed by atoms with E-state index in [2.05, 4.69) is 37.3 Å². The van der Waals surface area contributed by atoms with E-state index in [1.54, 1.807) is 4.90 Å². The van der Waals surface area contributed by atoms with Crippen LogP contribution in [0.15, 0.2) is 30.3 Å². The van der Waals surface area contributed by atoms with Crippen LogP contribution < -0.4 is 0 Å². The minimum Gasteiger partial charge on any atom is -0.450 e. The zero-order valence-corrected chi connectivity index (χ0v) is 19.0. The molecule has 0 radical (unpaired) electrons. The van der Waals surface area contributed by atoms with Crippen LogP contribution in [0.5, 0.6) is 0 Å². The molecule has 5 aliphatic rings. The average Bonchev–Trinajstić information content (AvgIpc) is 2.78. The van der Waals surface area contributed by atoms with Crippen molar-refractivity contribution < 1.29 is 14.3 Å². The van der Waals surface area contributed by atoms with Crippen LogP contribution >= 0.6 is 0 Å². The minimum atomic E-state index is -0.259. The number of nitrogens with zero attached hydrogens (tertiary/aromatic N) is 2. The van der Waals surface area contributed by atoms with E-state index in [1.165, 1.54) is 31.2 Å². The van der Waals surface area contributed by atoms with E-state index < -0.39 is 0 Å². The van der Waals surface area contributed by atoms with Crippen LogP contribution in [0.3, 0.4) is 0 Å². The number of piperazine rings is 1. The second-order valence-electron chi connectivity index (χ2n) is 10.4. The fourth-order valence-corrected chi connectivity index (χ4v) is 7.59. The molecule has 6 rings (SSSR count). The molecule has 1 aromatic carbocycles. The van der Waals surface area contributed by atoms with Gasteiger partial charge in [-0.2, -0.15) is 0 Å². The topological polar surface area (TPSA) is 49.9 Å². The Kier molecular flexibility index (Phi) is 5.47. The quantitative estimate of drug-likeness (QED) is 0.723. The monoisotopic (exact) mass is 424 g/mol. The fraction of sp³-hybridized carbons (Fsp3) is 0.692. The molecule has 4 bridgehead atoms. The summed E-state index contributed by atoms with van der Waals surface area (Å²) in [5.41, 5.74) is 1.37. The Labute approximate surface area is 186 Å². The van der Waals surface area contributed by atoms with Crippen LogP contribution in [0.1, 0.15) is 51.5 Å². The minimum absolute atomic E-state index is 0.0102. The van der Waals surface area contributed by atoms with Crippen molar-refractivity contribution in [1.29, 1.82) is 0 Å². The highest BCUT2D eigenvalue weighted by molar-refractivity contribution is 5.79. The third-order valence-electron chi connectivity index (χ3n) is 9.21. The Morgan fingerprint density at radius 2 is 1.48 bits per heavy atom. The standard InChI is InChI=1S/C26H36N2O3/c1-3-31-25(30)28-11-9-27(10-12-28)24(29)17-26(21-7-5-4-6-8-21)22-13-19-14-23(26)16-20(15-22)18(19)2/h4-8,18-20,22-23H,3,9-17H2,1-2H3. The summed E-state index contributed by atoms with van der Waals surface area (Å²) < 4.78 is 5.13. The summed E-state index contributed by atoms with van der Waals surface area (Å²) in [6.07, 6.45) is 5.50. The Hall–Kier alpha value is -2.04. The van der Waals surface area contributed by atoms with E-state index in [-0.39, 0.29) is 17.4 Å². The molecular weight excluding hydrogens is 388 g/mol. The number of benzene rings is 1. The number of hydrogen-bond donors (Lipinski definition) is 0. The number of carbonyl (C=O) groups is 2. The zero-order valence-electron chi connectivity index (χ0n) is 19.0. The van der Waals surface area contributed by atoms with Crippen LogP contribution in [0.25, 0.3) is 0 Å². The summed E-state index contributed by atoms with van der Waals surface area (Å²) in [6.45, 7) is 7.04. The molecule has 0 unspecified atom stereocenters. The second-order valence-corrected chi connectivity index (χ2v) is 10.4. The van der Waals surface area contributed by atoms with Crippen molar-refractivity contribution in [3.63, 3.8) is 0 Å². The Morgan fingerprint density at radius 1 is 0.935 bits per heavy atom. The van der Waals surface area contributed by atoms with Gasteiger partial charge in [0, 0.05) is 38.0 Å². The lowest BCUT2D eigenvalue weighted by atomic mass is 9.41. The van der Waals surface area contributed by atoms with Crippen molar-refractivity contribution in [1.82, 2.24) is 9.80 Å². The van der Waals surface area contributed by atoms with E-state index in [1.807, 2.05) is 11.8 Å². The van der Waals surface area contributed by atoms with E-state index in [9.17, 15) is 9.59 Å². The molecule has 31 heavy (non-hydrogen) atoms. The smallest absolute Gasteiger partial charge is 0.409 e. The second kappa shape index (κ2) is 8.14.